The van der Waals surface area contributed by atoms with Gasteiger partial charge in [-0.15, -0.1) is 0 Å². The van der Waals surface area contributed by atoms with E-state index in [9.17, 15) is 9.90 Å². The van der Waals surface area contributed by atoms with Crippen molar-refractivity contribution in [2.24, 2.45) is 5.41 Å². The average Bonchev–Trinajstić information content (AvgIpc) is 2.16. The van der Waals surface area contributed by atoms with Gasteiger partial charge in [-0.05, 0) is 18.2 Å². The first-order valence-corrected chi connectivity index (χ1v) is 5.30. The van der Waals surface area contributed by atoms with Gasteiger partial charge in [-0.1, -0.05) is 17.7 Å². The molecule has 0 unspecified atom stereocenters. The second kappa shape index (κ2) is 4.41. The third kappa shape index (κ3) is 2.04. The minimum absolute atomic E-state index is 0.209. The zero-order chi connectivity index (χ0) is 11.6. The highest BCUT2D eigenvalue weighted by atomic mass is 35.5. The van der Waals surface area contributed by atoms with Crippen molar-refractivity contribution in [3.63, 3.8) is 0 Å². The fourth-order valence-corrected chi connectivity index (χ4v) is 1.66. The van der Waals surface area contributed by atoms with Gasteiger partial charge in [0.1, 0.15) is 5.41 Å². The SMILES string of the molecule is O=C(Nc1cccc(Cl)c1)C1(CO)COC1. The van der Waals surface area contributed by atoms with Gasteiger partial charge >= 0.3 is 0 Å². The molecule has 0 radical (unpaired) electrons. The summed E-state index contributed by atoms with van der Waals surface area (Å²) in [5.41, 5.74) is -0.167. The van der Waals surface area contributed by atoms with Crippen LogP contribution in [0.1, 0.15) is 0 Å². The molecule has 0 saturated carbocycles. The van der Waals surface area contributed by atoms with Crippen molar-refractivity contribution in [1.82, 2.24) is 0 Å². The average molecular weight is 242 g/mol. The van der Waals surface area contributed by atoms with Crippen molar-refractivity contribution >= 4 is 23.2 Å². The number of amides is 1. The minimum Gasteiger partial charge on any atom is -0.395 e. The van der Waals surface area contributed by atoms with Crippen molar-refractivity contribution in [3.05, 3.63) is 29.3 Å². The number of benzene rings is 1. The quantitative estimate of drug-likeness (QED) is 0.838. The van der Waals surface area contributed by atoms with Gasteiger partial charge in [0.25, 0.3) is 0 Å². The summed E-state index contributed by atoms with van der Waals surface area (Å²) in [5.74, 6) is -0.233. The molecule has 1 aliphatic rings. The van der Waals surface area contributed by atoms with E-state index in [1.165, 1.54) is 0 Å². The Labute approximate surface area is 98.2 Å². The molecular formula is C11H12ClNO3. The lowest BCUT2D eigenvalue weighted by molar-refractivity contribution is -0.164. The van der Waals surface area contributed by atoms with Gasteiger partial charge < -0.3 is 15.2 Å². The van der Waals surface area contributed by atoms with Crippen LogP contribution >= 0.6 is 11.6 Å². The number of nitrogens with one attached hydrogen (secondary N) is 1. The van der Waals surface area contributed by atoms with E-state index in [4.69, 9.17) is 16.3 Å². The normalized spacial score (nSPS) is 17.6. The number of halogens is 1. The van der Waals surface area contributed by atoms with Gasteiger partial charge in [-0.25, -0.2) is 0 Å². The predicted molar refractivity (Wildman–Crippen MR) is 60.4 cm³/mol. The van der Waals surface area contributed by atoms with Crippen LogP contribution in [0.3, 0.4) is 0 Å². The van der Waals surface area contributed by atoms with Gasteiger partial charge in [0.05, 0.1) is 19.8 Å². The molecule has 1 aromatic rings. The van der Waals surface area contributed by atoms with Gasteiger partial charge in [0, 0.05) is 10.7 Å². The Hall–Kier alpha value is -1.10. The van der Waals surface area contributed by atoms with Gasteiger partial charge in [0.2, 0.25) is 5.91 Å². The molecule has 0 bridgehead atoms. The largest absolute Gasteiger partial charge is 0.395 e. The van der Waals surface area contributed by atoms with E-state index in [1.807, 2.05) is 0 Å². The summed E-state index contributed by atoms with van der Waals surface area (Å²) in [6.07, 6.45) is 0. The van der Waals surface area contributed by atoms with E-state index in [2.05, 4.69) is 5.32 Å². The number of ether oxygens (including phenoxy) is 1. The topological polar surface area (TPSA) is 58.6 Å². The molecule has 0 spiro atoms. The summed E-state index contributed by atoms with van der Waals surface area (Å²) in [6, 6.07) is 6.88. The van der Waals surface area contributed by atoms with E-state index >= 15 is 0 Å². The number of aliphatic hydroxyl groups is 1. The lowest BCUT2D eigenvalue weighted by Gasteiger charge is -2.37. The highest BCUT2D eigenvalue weighted by Crippen LogP contribution is 2.28. The lowest BCUT2D eigenvalue weighted by atomic mass is 9.86. The number of anilines is 1. The summed E-state index contributed by atoms with van der Waals surface area (Å²) < 4.78 is 4.96. The summed E-state index contributed by atoms with van der Waals surface area (Å²) in [5, 5.41) is 12.4. The van der Waals surface area contributed by atoms with Crippen molar-refractivity contribution in [3.8, 4) is 0 Å². The molecule has 1 aromatic carbocycles. The van der Waals surface area contributed by atoms with Crippen molar-refractivity contribution < 1.29 is 14.6 Å². The van der Waals surface area contributed by atoms with Gasteiger partial charge in [0.15, 0.2) is 0 Å². The molecule has 0 atom stereocenters. The van der Waals surface area contributed by atoms with Crippen LogP contribution in [0.5, 0.6) is 0 Å². The Bertz CT molecular complexity index is 398. The number of hydrogen-bond donors (Lipinski definition) is 2. The minimum atomic E-state index is -0.789. The lowest BCUT2D eigenvalue weighted by Crippen LogP contribution is -2.54. The Morgan fingerprint density at radius 3 is 2.81 bits per heavy atom. The van der Waals surface area contributed by atoms with Gasteiger partial charge in [-0.2, -0.15) is 0 Å². The Morgan fingerprint density at radius 2 is 2.31 bits per heavy atom. The highest BCUT2D eigenvalue weighted by molar-refractivity contribution is 6.30. The van der Waals surface area contributed by atoms with Crippen LogP contribution in [0.15, 0.2) is 24.3 Å². The van der Waals surface area contributed by atoms with Crippen LogP contribution in [0, 0.1) is 5.41 Å². The number of hydrogen-bond acceptors (Lipinski definition) is 3. The number of carbonyl (C=O) groups is 1. The molecule has 5 heteroatoms. The number of rotatable bonds is 3. The maximum absolute atomic E-state index is 11.9. The summed E-state index contributed by atoms with van der Waals surface area (Å²) in [6.45, 7) is 0.311. The van der Waals surface area contributed by atoms with Crippen LogP contribution in [0.4, 0.5) is 5.69 Å². The smallest absolute Gasteiger partial charge is 0.237 e. The molecule has 1 heterocycles. The van der Waals surface area contributed by atoms with Crippen LogP contribution in [0.25, 0.3) is 0 Å². The first-order valence-electron chi connectivity index (χ1n) is 4.92. The molecular weight excluding hydrogens is 230 g/mol. The highest BCUT2D eigenvalue weighted by Gasteiger charge is 2.45. The van der Waals surface area contributed by atoms with Crippen LogP contribution in [0.2, 0.25) is 5.02 Å². The molecule has 0 aromatic heterocycles. The van der Waals surface area contributed by atoms with Crippen LogP contribution in [-0.2, 0) is 9.53 Å². The molecule has 0 aliphatic carbocycles. The number of carbonyl (C=O) groups excluding carboxylic acids is 1. The van der Waals surface area contributed by atoms with Crippen molar-refractivity contribution in [2.75, 3.05) is 25.1 Å². The molecule has 4 nitrogen and oxygen atoms in total. The third-order valence-corrected chi connectivity index (χ3v) is 2.86. The first kappa shape index (κ1) is 11.4. The summed E-state index contributed by atoms with van der Waals surface area (Å²) in [4.78, 5) is 11.9. The molecule has 2 N–H and O–H groups in total. The summed E-state index contributed by atoms with van der Waals surface area (Å²) in [7, 11) is 0. The molecule has 2 rings (SSSR count). The van der Waals surface area contributed by atoms with Crippen LogP contribution < -0.4 is 5.32 Å². The van der Waals surface area contributed by atoms with Crippen molar-refractivity contribution in [2.45, 2.75) is 0 Å². The van der Waals surface area contributed by atoms with E-state index < -0.39 is 5.41 Å². The fourth-order valence-electron chi connectivity index (χ4n) is 1.47. The van der Waals surface area contributed by atoms with E-state index in [-0.39, 0.29) is 25.7 Å². The molecule has 1 saturated heterocycles. The zero-order valence-corrected chi connectivity index (χ0v) is 9.33. The molecule has 1 amide bonds. The fraction of sp³-hybridized carbons (Fsp3) is 0.364. The monoisotopic (exact) mass is 241 g/mol. The predicted octanol–water partition coefficient (Wildman–Crippen LogP) is 1.29. The Balaban J connectivity index is 2.07. The number of aliphatic hydroxyl groups excluding tert-OH is 1. The summed E-state index contributed by atoms with van der Waals surface area (Å²) >= 11 is 5.80. The van der Waals surface area contributed by atoms with Gasteiger partial charge in [-0.3, -0.25) is 4.79 Å². The third-order valence-electron chi connectivity index (χ3n) is 2.62. The molecule has 1 aliphatic heterocycles. The zero-order valence-electron chi connectivity index (χ0n) is 8.57. The van der Waals surface area contributed by atoms with Crippen molar-refractivity contribution in [1.29, 1.82) is 0 Å². The second-order valence-electron chi connectivity index (χ2n) is 3.90. The molecule has 16 heavy (non-hydrogen) atoms. The Kier molecular flexibility index (Phi) is 3.14. The van der Waals surface area contributed by atoms with E-state index in [0.717, 1.165) is 0 Å². The second-order valence-corrected chi connectivity index (χ2v) is 4.33. The standard InChI is InChI=1S/C11H12ClNO3/c12-8-2-1-3-9(4-8)13-10(15)11(5-14)6-16-7-11/h1-4,14H,5-7H2,(H,13,15). The maximum Gasteiger partial charge on any atom is 0.237 e. The van der Waals surface area contributed by atoms with E-state index in [0.29, 0.717) is 10.7 Å². The first-order chi connectivity index (χ1) is 7.66. The maximum atomic E-state index is 11.9. The van der Waals surface area contributed by atoms with E-state index in [1.54, 1.807) is 24.3 Å². The molecule has 1 fully saturated rings. The molecule has 86 valence electrons. The van der Waals surface area contributed by atoms with Crippen LogP contribution in [-0.4, -0.2) is 30.8 Å². The Morgan fingerprint density at radius 1 is 1.56 bits per heavy atom.